The molecule has 1 aromatic heterocycles. The summed E-state index contributed by atoms with van der Waals surface area (Å²) < 4.78 is 5.23. The second-order valence-corrected chi connectivity index (χ2v) is 4.88. The average Bonchev–Trinajstić information content (AvgIpc) is 2.50. The van der Waals surface area contributed by atoms with E-state index >= 15 is 0 Å². The molecule has 1 heterocycles. The van der Waals surface area contributed by atoms with Gasteiger partial charge in [0.15, 0.2) is 0 Å². The fourth-order valence-electron chi connectivity index (χ4n) is 2.08. The molecule has 2 rings (SSSR count). The first-order valence-corrected chi connectivity index (χ1v) is 6.82. The third kappa shape index (κ3) is 3.70. The van der Waals surface area contributed by atoms with Crippen LogP contribution in [0.3, 0.4) is 0 Å². The Bertz CT molecular complexity index is 548. The van der Waals surface area contributed by atoms with Gasteiger partial charge in [0.1, 0.15) is 5.75 Å². The number of nitrogens with two attached hydrogens (primary N) is 1. The van der Waals surface area contributed by atoms with Crippen LogP contribution in [-0.4, -0.2) is 12.1 Å². The van der Waals surface area contributed by atoms with Crippen LogP contribution in [0.2, 0.25) is 5.02 Å². The minimum Gasteiger partial charge on any atom is -0.495 e. The van der Waals surface area contributed by atoms with E-state index in [1.807, 2.05) is 36.4 Å². The van der Waals surface area contributed by atoms with E-state index in [0.717, 1.165) is 24.1 Å². The van der Waals surface area contributed by atoms with Gasteiger partial charge in [0.25, 0.3) is 0 Å². The van der Waals surface area contributed by atoms with Gasteiger partial charge in [0, 0.05) is 17.9 Å². The zero-order chi connectivity index (χ0) is 14.4. The molecule has 0 aliphatic rings. The Kier molecular flexibility index (Phi) is 5.35. The summed E-state index contributed by atoms with van der Waals surface area (Å²) >= 11 is 6.03. The molecule has 106 valence electrons. The lowest BCUT2D eigenvalue weighted by Gasteiger charge is -2.17. The number of nitrogens with zero attached hydrogens (tertiary/aromatic N) is 1. The summed E-state index contributed by atoms with van der Waals surface area (Å²) in [5.74, 6) is 6.31. The third-order valence-electron chi connectivity index (χ3n) is 3.19. The lowest BCUT2D eigenvalue weighted by atomic mass is 10.0. The molecule has 1 unspecified atom stereocenters. The summed E-state index contributed by atoms with van der Waals surface area (Å²) in [6.45, 7) is 0. The number of aromatic nitrogens is 1. The number of halogens is 1. The first kappa shape index (κ1) is 14.8. The van der Waals surface area contributed by atoms with Crippen molar-refractivity contribution in [2.75, 3.05) is 7.11 Å². The predicted molar refractivity (Wildman–Crippen MR) is 80.6 cm³/mol. The van der Waals surface area contributed by atoms with Crippen molar-refractivity contribution >= 4 is 11.6 Å². The molecule has 1 atom stereocenters. The van der Waals surface area contributed by atoms with E-state index in [0.29, 0.717) is 10.8 Å². The number of hydrogen-bond donors (Lipinski definition) is 2. The third-order valence-corrected chi connectivity index (χ3v) is 3.51. The molecule has 0 saturated heterocycles. The van der Waals surface area contributed by atoms with Crippen LogP contribution in [0.1, 0.15) is 23.7 Å². The number of hydrazine groups is 1. The highest BCUT2D eigenvalue weighted by molar-refractivity contribution is 6.32. The molecule has 0 fully saturated rings. The summed E-state index contributed by atoms with van der Waals surface area (Å²) in [4.78, 5) is 4.31. The van der Waals surface area contributed by atoms with E-state index < -0.39 is 0 Å². The van der Waals surface area contributed by atoms with E-state index in [4.69, 9.17) is 22.2 Å². The van der Waals surface area contributed by atoms with E-state index in [1.54, 1.807) is 13.3 Å². The van der Waals surface area contributed by atoms with E-state index in [1.165, 1.54) is 0 Å². The lowest BCUT2D eigenvalue weighted by Crippen LogP contribution is -2.28. The Balaban J connectivity index is 2.08. The molecule has 0 spiro atoms. The second-order valence-electron chi connectivity index (χ2n) is 4.47. The minimum absolute atomic E-state index is 0.0307. The lowest BCUT2D eigenvalue weighted by molar-refractivity contribution is 0.412. The van der Waals surface area contributed by atoms with Gasteiger partial charge < -0.3 is 4.74 Å². The molecule has 0 aliphatic heterocycles. The smallest absolute Gasteiger partial charge is 0.137 e. The number of rotatable bonds is 6. The van der Waals surface area contributed by atoms with Crippen LogP contribution in [0.4, 0.5) is 0 Å². The molecule has 1 aromatic carbocycles. The molecule has 0 bridgehead atoms. The summed E-state index contributed by atoms with van der Waals surface area (Å²) in [5.41, 5.74) is 4.93. The van der Waals surface area contributed by atoms with Gasteiger partial charge in [-0.1, -0.05) is 23.7 Å². The van der Waals surface area contributed by atoms with Gasteiger partial charge in [-0.05, 0) is 42.7 Å². The van der Waals surface area contributed by atoms with Crippen LogP contribution in [0, 0.1) is 0 Å². The Labute approximate surface area is 123 Å². The van der Waals surface area contributed by atoms with Crippen molar-refractivity contribution in [3.05, 3.63) is 58.9 Å². The summed E-state index contributed by atoms with van der Waals surface area (Å²) in [6.07, 6.45) is 3.49. The fraction of sp³-hybridized carbons (Fsp3) is 0.267. The van der Waals surface area contributed by atoms with Gasteiger partial charge in [0.2, 0.25) is 0 Å². The molecule has 0 radical (unpaired) electrons. The molecule has 0 amide bonds. The van der Waals surface area contributed by atoms with Gasteiger partial charge in [0.05, 0.1) is 12.1 Å². The van der Waals surface area contributed by atoms with Gasteiger partial charge in [-0.25, -0.2) is 0 Å². The van der Waals surface area contributed by atoms with Crippen molar-refractivity contribution in [3.8, 4) is 5.75 Å². The second kappa shape index (κ2) is 7.24. The zero-order valence-electron chi connectivity index (χ0n) is 11.3. The van der Waals surface area contributed by atoms with Crippen LogP contribution in [0.25, 0.3) is 0 Å². The van der Waals surface area contributed by atoms with Crippen molar-refractivity contribution in [2.45, 2.75) is 18.9 Å². The minimum atomic E-state index is 0.0307. The molecule has 5 heteroatoms. The van der Waals surface area contributed by atoms with Crippen LogP contribution >= 0.6 is 11.6 Å². The Morgan fingerprint density at radius 2 is 2.20 bits per heavy atom. The number of aryl methyl sites for hydroxylation is 1. The SMILES string of the molecule is COc1cc(C(CCc2ccccn2)NN)ccc1Cl. The van der Waals surface area contributed by atoms with Gasteiger partial charge in [-0.3, -0.25) is 16.3 Å². The summed E-state index contributed by atoms with van der Waals surface area (Å²) in [7, 11) is 1.60. The summed E-state index contributed by atoms with van der Waals surface area (Å²) in [6, 6.07) is 11.6. The number of benzene rings is 1. The van der Waals surface area contributed by atoms with E-state index in [2.05, 4.69) is 10.4 Å². The maximum atomic E-state index is 6.03. The first-order valence-electron chi connectivity index (χ1n) is 6.44. The number of nitrogens with one attached hydrogen (secondary N) is 1. The summed E-state index contributed by atoms with van der Waals surface area (Å²) in [5, 5.41) is 0.594. The number of methoxy groups -OCH3 is 1. The van der Waals surface area contributed by atoms with Gasteiger partial charge >= 0.3 is 0 Å². The molecular formula is C15H18ClN3O. The molecule has 2 aromatic rings. The standard InChI is InChI=1S/C15H18ClN3O/c1-20-15-10-11(5-7-13(15)16)14(19-17)8-6-12-4-2-3-9-18-12/h2-5,7,9-10,14,19H,6,8,17H2,1H3. The number of pyridine rings is 1. The van der Waals surface area contributed by atoms with E-state index in [-0.39, 0.29) is 6.04 Å². The topological polar surface area (TPSA) is 60.2 Å². The molecule has 0 aliphatic carbocycles. The van der Waals surface area contributed by atoms with Crippen molar-refractivity contribution in [1.82, 2.24) is 10.4 Å². The maximum Gasteiger partial charge on any atom is 0.137 e. The molecule has 4 nitrogen and oxygen atoms in total. The highest BCUT2D eigenvalue weighted by atomic mass is 35.5. The molecule has 3 N–H and O–H groups in total. The number of hydrogen-bond acceptors (Lipinski definition) is 4. The zero-order valence-corrected chi connectivity index (χ0v) is 12.1. The highest BCUT2D eigenvalue weighted by Gasteiger charge is 2.12. The quantitative estimate of drug-likeness (QED) is 0.635. The monoisotopic (exact) mass is 291 g/mol. The molecule has 0 saturated carbocycles. The fourth-order valence-corrected chi connectivity index (χ4v) is 2.27. The van der Waals surface area contributed by atoms with Crippen LogP contribution in [0.15, 0.2) is 42.6 Å². The predicted octanol–water partition coefficient (Wildman–Crippen LogP) is 2.88. The van der Waals surface area contributed by atoms with Crippen molar-refractivity contribution in [3.63, 3.8) is 0 Å². The largest absolute Gasteiger partial charge is 0.495 e. The van der Waals surface area contributed by atoms with Gasteiger partial charge in [-0.15, -0.1) is 0 Å². The Hall–Kier alpha value is -1.62. The van der Waals surface area contributed by atoms with E-state index in [9.17, 15) is 0 Å². The highest BCUT2D eigenvalue weighted by Crippen LogP contribution is 2.29. The Morgan fingerprint density at radius 3 is 2.85 bits per heavy atom. The van der Waals surface area contributed by atoms with Crippen LogP contribution < -0.4 is 16.0 Å². The van der Waals surface area contributed by atoms with Crippen LogP contribution in [0.5, 0.6) is 5.75 Å². The van der Waals surface area contributed by atoms with Crippen molar-refractivity contribution < 1.29 is 4.74 Å². The van der Waals surface area contributed by atoms with Crippen LogP contribution in [-0.2, 0) is 6.42 Å². The van der Waals surface area contributed by atoms with Crippen molar-refractivity contribution in [1.29, 1.82) is 0 Å². The van der Waals surface area contributed by atoms with Crippen molar-refractivity contribution in [2.24, 2.45) is 5.84 Å². The first-order chi connectivity index (χ1) is 9.74. The van der Waals surface area contributed by atoms with Gasteiger partial charge in [-0.2, -0.15) is 0 Å². The molecular weight excluding hydrogens is 274 g/mol. The molecule has 20 heavy (non-hydrogen) atoms. The normalized spacial score (nSPS) is 12.2. The Morgan fingerprint density at radius 1 is 1.35 bits per heavy atom. The average molecular weight is 292 g/mol. The number of ether oxygens (including phenoxy) is 1. The maximum absolute atomic E-state index is 6.03.